The molecule has 94 valence electrons. The number of aromatic nitrogens is 4. The van der Waals surface area contributed by atoms with Gasteiger partial charge in [-0.1, -0.05) is 6.07 Å². The molecule has 0 fully saturated rings. The second-order valence-electron chi connectivity index (χ2n) is 4.20. The van der Waals surface area contributed by atoms with Gasteiger partial charge in [0, 0.05) is 29.7 Å². The summed E-state index contributed by atoms with van der Waals surface area (Å²) in [7, 11) is 0. The summed E-state index contributed by atoms with van der Waals surface area (Å²) in [6, 6.07) is 9.48. The quantitative estimate of drug-likeness (QED) is 0.758. The molecule has 0 bridgehead atoms. The van der Waals surface area contributed by atoms with Gasteiger partial charge in [0.2, 0.25) is 0 Å². The van der Waals surface area contributed by atoms with Gasteiger partial charge in [0.1, 0.15) is 5.82 Å². The first kappa shape index (κ1) is 11.4. The predicted molar refractivity (Wildman–Crippen MR) is 73.7 cm³/mol. The Morgan fingerprint density at radius 1 is 1.11 bits per heavy atom. The Morgan fingerprint density at radius 2 is 2.00 bits per heavy atom. The molecule has 0 atom stereocenters. The Balaban J connectivity index is 2.16. The van der Waals surface area contributed by atoms with Crippen molar-refractivity contribution < 1.29 is 0 Å². The number of pyridine rings is 2. The van der Waals surface area contributed by atoms with Crippen LogP contribution >= 0.6 is 0 Å². The van der Waals surface area contributed by atoms with Crippen LogP contribution in [0.4, 0.5) is 5.82 Å². The molecular weight excluding hydrogens is 238 g/mol. The number of anilines is 1. The Labute approximate surface area is 110 Å². The van der Waals surface area contributed by atoms with Crippen LogP contribution in [0, 0.1) is 6.92 Å². The van der Waals surface area contributed by atoms with Crippen molar-refractivity contribution in [3.05, 3.63) is 54.5 Å². The fourth-order valence-corrected chi connectivity index (χ4v) is 1.94. The highest BCUT2D eigenvalue weighted by Crippen LogP contribution is 2.27. The fourth-order valence-electron chi connectivity index (χ4n) is 1.94. The second kappa shape index (κ2) is 4.53. The van der Waals surface area contributed by atoms with Gasteiger partial charge in [-0.25, -0.2) is 4.98 Å². The largest absolute Gasteiger partial charge is 0.383 e. The van der Waals surface area contributed by atoms with Crippen LogP contribution in [-0.4, -0.2) is 19.7 Å². The number of rotatable bonds is 2. The van der Waals surface area contributed by atoms with Gasteiger partial charge >= 0.3 is 0 Å². The molecule has 3 heterocycles. The van der Waals surface area contributed by atoms with E-state index < -0.39 is 0 Å². The zero-order chi connectivity index (χ0) is 13.2. The van der Waals surface area contributed by atoms with E-state index in [1.807, 2.05) is 37.3 Å². The van der Waals surface area contributed by atoms with Crippen LogP contribution in [0.1, 0.15) is 5.56 Å². The summed E-state index contributed by atoms with van der Waals surface area (Å²) in [6.07, 6.45) is 5.23. The van der Waals surface area contributed by atoms with E-state index >= 15 is 0 Å². The lowest BCUT2D eigenvalue weighted by Crippen LogP contribution is -2.03. The summed E-state index contributed by atoms with van der Waals surface area (Å²) < 4.78 is 1.65. The molecule has 0 aliphatic carbocycles. The number of hydrogen-bond donors (Lipinski definition) is 1. The van der Waals surface area contributed by atoms with Gasteiger partial charge in [0.05, 0.1) is 5.69 Å². The lowest BCUT2D eigenvalue weighted by Gasteiger charge is -2.01. The maximum Gasteiger partial charge on any atom is 0.155 e. The van der Waals surface area contributed by atoms with Gasteiger partial charge in [0.25, 0.3) is 0 Å². The van der Waals surface area contributed by atoms with Gasteiger partial charge in [0.15, 0.2) is 5.82 Å². The van der Waals surface area contributed by atoms with Crippen LogP contribution in [0.5, 0.6) is 0 Å². The number of nitrogens with zero attached hydrogens (tertiary/aromatic N) is 4. The first-order valence-corrected chi connectivity index (χ1v) is 5.94. The predicted octanol–water partition coefficient (Wildman–Crippen LogP) is 2.22. The van der Waals surface area contributed by atoms with E-state index in [2.05, 4.69) is 15.1 Å². The molecule has 0 unspecified atom stereocenters. The number of nitrogens with two attached hydrogens (primary N) is 1. The molecule has 0 aliphatic rings. The normalized spacial score (nSPS) is 10.6. The minimum atomic E-state index is 0.595. The first-order valence-electron chi connectivity index (χ1n) is 5.94. The van der Waals surface area contributed by atoms with Crippen molar-refractivity contribution in [2.75, 3.05) is 5.73 Å². The molecule has 0 saturated carbocycles. The lowest BCUT2D eigenvalue weighted by molar-refractivity contribution is 0.860. The highest BCUT2D eigenvalue weighted by molar-refractivity contribution is 5.68. The molecule has 0 saturated heterocycles. The molecule has 0 aliphatic heterocycles. The number of hydrogen-bond acceptors (Lipinski definition) is 4. The topological polar surface area (TPSA) is 69.6 Å². The van der Waals surface area contributed by atoms with E-state index in [4.69, 9.17) is 5.73 Å². The molecule has 5 heteroatoms. The van der Waals surface area contributed by atoms with Crippen molar-refractivity contribution in [1.82, 2.24) is 19.7 Å². The third-order valence-corrected chi connectivity index (χ3v) is 2.97. The van der Waals surface area contributed by atoms with Gasteiger partial charge in [-0.3, -0.25) is 4.98 Å². The van der Waals surface area contributed by atoms with Crippen molar-refractivity contribution in [3.8, 4) is 17.1 Å². The van der Waals surface area contributed by atoms with Crippen LogP contribution in [0.15, 0.2) is 48.9 Å². The Hall–Kier alpha value is -2.69. The molecule has 5 nitrogen and oxygen atoms in total. The maximum atomic E-state index is 6.11. The highest BCUT2D eigenvalue weighted by Gasteiger charge is 2.14. The van der Waals surface area contributed by atoms with Gasteiger partial charge in [-0.15, -0.1) is 0 Å². The van der Waals surface area contributed by atoms with Crippen LogP contribution < -0.4 is 5.73 Å². The average Bonchev–Trinajstić information content (AvgIpc) is 2.77. The van der Waals surface area contributed by atoms with Crippen LogP contribution in [0.2, 0.25) is 0 Å². The molecule has 0 radical (unpaired) electrons. The highest BCUT2D eigenvalue weighted by atomic mass is 15.3. The van der Waals surface area contributed by atoms with Crippen molar-refractivity contribution >= 4 is 5.82 Å². The van der Waals surface area contributed by atoms with E-state index in [9.17, 15) is 0 Å². The molecule has 0 spiro atoms. The van der Waals surface area contributed by atoms with Crippen molar-refractivity contribution in [2.24, 2.45) is 0 Å². The summed E-state index contributed by atoms with van der Waals surface area (Å²) in [5, 5.41) is 4.54. The minimum absolute atomic E-state index is 0.595. The average molecular weight is 251 g/mol. The fraction of sp³-hybridized carbons (Fsp3) is 0.0714. The summed E-state index contributed by atoms with van der Waals surface area (Å²) in [6.45, 7) is 1.95. The van der Waals surface area contributed by atoms with Crippen molar-refractivity contribution in [2.45, 2.75) is 6.92 Å². The molecule has 3 aromatic heterocycles. The molecule has 3 aromatic rings. The summed E-state index contributed by atoms with van der Waals surface area (Å²) in [5.41, 5.74) is 8.82. The molecule has 19 heavy (non-hydrogen) atoms. The Morgan fingerprint density at radius 3 is 2.68 bits per heavy atom. The zero-order valence-corrected chi connectivity index (χ0v) is 10.5. The van der Waals surface area contributed by atoms with Crippen LogP contribution in [0.3, 0.4) is 0 Å². The maximum absolute atomic E-state index is 6.11. The van der Waals surface area contributed by atoms with Crippen molar-refractivity contribution in [1.29, 1.82) is 0 Å². The Kier molecular flexibility index (Phi) is 2.72. The van der Waals surface area contributed by atoms with Crippen LogP contribution in [0.25, 0.3) is 17.1 Å². The van der Waals surface area contributed by atoms with Crippen molar-refractivity contribution in [3.63, 3.8) is 0 Å². The van der Waals surface area contributed by atoms with E-state index in [0.29, 0.717) is 11.6 Å². The molecular formula is C14H13N5. The summed E-state index contributed by atoms with van der Waals surface area (Å²) in [5.74, 6) is 1.30. The van der Waals surface area contributed by atoms with E-state index in [-0.39, 0.29) is 0 Å². The first-order chi connectivity index (χ1) is 9.27. The third kappa shape index (κ3) is 1.95. The summed E-state index contributed by atoms with van der Waals surface area (Å²) >= 11 is 0. The lowest BCUT2D eigenvalue weighted by atomic mass is 10.1. The summed E-state index contributed by atoms with van der Waals surface area (Å²) in [4.78, 5) is 8.37. The van der Waals surface area contributed by atoms with E-state index in [1.165, 1.54) is 0 Å². The van der Waals surface area contributed by atoms with Gasteiger partial charge in [-0.2, -0.15) is 9.78 Å². The smallest absolute Gasteiger partial charge is 0.155 e. The van der Waals surface area contributed by atoms with E-state index in [1.54, 1.807) is 23.3 Å². The molecule has 3 rings (SSSR count). The minimum Gasteiger partial charge on any atom is -0.383 e. The third-order valence-electron chi connectivity index (χ3n) is 2.97. The van der Waals surface area contributed by atoms with Crippen LogP contribution in [-0.2, 0) is 0 Å². The molecule has 0 amide bonds. The van der Waals surface area contributed by atoms with E-state index in [0.717, 1.165) is 16.8 Å². The monoisotopic (exact) mass is 251 g/mol. The van der Waals surface area contributed by atoms with Gasteiger partial charge < -0.3 is 5.73 Å². The zero-order valence-electron chi connectivity index (χ0n) is 10.5. The SMILES string of the molecule is Cc1c(-c2cccnc2)nn(-c2ccccn2)c1N. The number of nitrogen functional groups attached to an aromatic ring is 1. The second-order valence-corrected chi connectivity index (χ2v) is 4.20. The molecule has 0 aromatic carbocycles. The standard InChI is InChI=1S/C14H13N5/c1-10-13(11-5-4-7-16-9-11)18-19(14(10)15)12-6-2-3-8-17-12/h2-9H,15H2,1H3. The molecule has 2 N–H and O–H groups in total. The Bertz CT molecular complexity index is 629. The van der Waals surface area contributed by atoms with Gasteiger partial charge in [-0.05, 0) is 31.2 Å².